The van der Waals surface area contributed by atoms with E-state index in [0.29, 0.717) is 12.3 Å². The molecular weight excluding hydrogens is 300 g/mol. The van der Waals surface area contributed by atoms with Crippen molar-refractivity contribution >= 4 is 20.8 Å². The Morgan fingerprint density at radius 1 is 1.09 bits per heavy atom. The fourth-order valence-electron chi connectivity index (χ4n) is 2.25. The van der Waals surface area contributed by atoms with Crippen molar-refractivity contribution in [2.75, 3.05) is 6.61 Å². The molecule has 0 aliphatic heterocycles. The Balaban J connectivity index is 2.07. The van der Waals surface area contributed by atoms with E-state index in [1.54, 1.807) is 31.2 Å². The summed E-state index contributed by atoms with van der Waals surface area (Å²) in [5.74, 6) is 0.772. The minimum absolute atomic E-state index is 0.215. The average Bonchev–Trinajstić information content (AvgIpc) is 2.94. The number of hydrogen-bond donors (Lipinski definition) is 0. The molecule has 0 aliphatic carbocycles. The Labute approximate surface area is 129 Å². The summed E-state index contributed by atoms with van der Waals surface area (Å²) in [6.07, 6.45) is 1.45. The van der Waals surface area contributed by atoms with Crippen LogP contribution in [-0.2, 0) is 10.0 Å². The first-order valence-corrected chi connectivity index (χ1v) is 8.39. The van der Waals surface area contributed by atoms with Crippen molar-refractivity contribution in [2.24, 2.45) is 0 Å². The first-order chi connectivity index (χ1) is 10.5. The number of benzene rings is 2. The van der Waals surface area contributed by atoms with Crippen LogP contribution in [0.1, 0.15) is 12.6 Å². The molecule has 22 heavy (non-hydrogen) atoms. The molecule has 3 aromatic rings. The zero-order valence-corrected chi connectivity index (χ0v) is 13.2. The molecule has 0 N–H and O–H groups in total. The van der Waals surface area contributed by atoms with Gasteiger partial charge < -0.3 is 4.74 Å². The number of nitrogens with zero attached hydrogens (tertiary/aromatic N) is 2. The lowest BCUT2D eigenvalue weighted by Crippen LogP contribution is -2.13. The molecule has 0 saturated carbocycles. The van der Waals surface area contributed by atoms with Crippen molar-refractivity contribution in [2.45, 2.75) is 18.7 Å². The third-order valence-corrected chi connectivity index (χ3v) is 4.88. The Bertz CT molecular complexity index is 929. The highest BCUT2D eigenvalue weighted by atomic mass is 32.2. The van der Waals surface area contributed by atoms with Crippen molar-refractivity contribution in [3.05, 3.63) is 54.4 Å². The second-order valence-corrected chi connectivity index (χ2v) is 6.73. The van der Waals surface area contributed by atoms with Gasteiger partial charge in [0.05, 0.1) is 17.2 Å². The molecule has 0 aliphatic rings. The number of rotatable bonds is 4. The third-order valence-electron chi connectivity index (χ3n) is 3.34. The van der Waals surface area contributed by atoms with Gasteiger partial charge in [0.15, 0.2) is 0 Å². The molecule has 0 bridgehead atoms. The lowest BCUT2D eigenvalue weighted by molar-refractivity contribution is 0.341. The molecule has 0 saturated heterocycles. The van der Waals surface area contributed by atoms with Crippen molar-refractivity contribution in [1.29, 1.82) is 0 Å². The first kappa shape index (κ1) is 14.6. The van der Waals surface area contributed by atoms with Gasteiger partial charge in [-0.05, 0) is 55.0 Å². The van der Waals surface area contributed by atoms with E-state index in [-0.39, 0.29) is 4.90 Å². The predicted molar refractivity (Wildman–Crippen MR) is 84.7 cm³/mol. The van der Waals surface area contributed by atoms with Crippen LogP contribution in [0.3, 0.4) is 0 Å². The maximum Gasteiger partial charge on any atom is 0.282 e. The molecule has 2 aromatic carbocycles. The number of ether oxygens (including phenoxy) is 1. The molecule has 3 rings (SSSR count). The smallest absolute Gasteiger partial charge is 0.282 e. The predicted octanol–water partition coefficient (Wildman–Crippen LogP) is 2.98. The van der Waals surface area contributed by atoms with Crippen LogP contribution < -0.4 is 4.74 Å². The number of hydrogen-bond acceptors (Lipinski definition) is 4. The van der Waals surface area contributed by atoms with E-state index in [4.69, 9.17) is 4.74 Å². The zero-order chi connectivity index (χ0) is 15.7. The molecule has 114 valence electrons. The van der Waals surface area contributed by atoms with E-state index in [1.807, 2.05) is 25.1 Å². The van der Waals surface area contributed by atoms with Crippen LogP contribution in [0.4, 0.5) is 0 Å². The first-order valence-electron chi connectivity index (χ1n) is 6.95. The fourth-order valence-corrected chi connectivity index (χ4v) is 3.44. The van der Waals surface area contributed by atoms with E-state index in [2.05, 4.69) is 5.10 Å². The van der Waals surface area contributed by atoms with Crippen LogP contribution in [0.25, 0.3) is 10.8 Å². The largest absolute Gasteiger partial charge is 0.494 e. The van der Waals surface area contributed by atoms with E-state index in [1.165, 1.54) is 6.20 Å². The summed E-state index contributed by atoms with van der Waals surface area (Å²) in [7, 11) is -3.66. The molecule has 0 spiro atoms. The highest BCUT2D eigenvalue weighted by Crippen LogP contribution is 2.24. The van der Waals surface area contributed by atoms with Crippen molar-refractivity contribution in [1.82, 2.24) is 9.19 Å². The van der Waals surface area contributed by atoms with Crippen LogP contribution in [0.5, 0.6) is 5.75 Å². The van der Waals surface area contributed by atoms with Gasteiger partial charge in [0.2, 0.25) is 0 Å². The van der Waals surface area contributed by atoms with Gasteiger partial charge in [-0.1, -0.05) is 12.1 Å². The molecule has 0 unspecified atom stereocenters. The third kappa shape index (κ3) is 2.57. The number of fused-ring (bicyclic) bond motifs is 1. The average molecular weight is 316 g/mol. The maximum absolute atomic E-state index is 12.5. The van der Waals surface area contributed by atoms with Crippen LogP contribution in [0.15, 0.2) is 53.6 Å². The normalized spacial score (nSPS) is 11.7. The van der Waals surface area contributed by atoms with Gasteiger partial charge in [0.25, 0.3) is 10.0 Å². The Morgan fingerprint density at radius 3 is 2.50 bits per heavy atom. The highest BCUT2D eigenvalue weighted by molar-refractivity contribution is 7.89. The molecule has 0 amide bonds. The summed E-state index contributed by atoms with van der Waals surface area (Å²) >= 11 is 0. The van der Waals surface area contributed by atoms with E-state index in [0.717, 1.165) is 20.6 Å². The van der Waals surface area contributed by atoms with Gasteiger partial charge in [0, 0.05) is 6.20 Å². The summed E-state index contributed by atoms with van der Waals surface area (Å²) in [5.41, 5.74) is 0.658. The van der Waals surface area contributed by atoms with Gasteiger partial charge in [0.1, 0.15) is 5.75 Å². The van der Waals surface area contributed by atoms with Crippen LogP contribution in [-0.4, -0.2) is 24.2 Å². The highest BCUT2D eigenvalue weighted by Gasteiger charge is 2.18. The molecule has 5 nitrogen and oxygen atoms in total. The SMILES string of the molecule is CCOc1ccc2cc(S(=O)(=O)n3ccc(C)n3)ccc2c1. The van der Waals surface area contributed by atoms with Crippen molar-refractivity contribution < 1.29 is 13.2 Å². The zero-order valence-electron chi connectivity index (χ0n) is 12.4. The Hall–Kier alpha value is -2.34. The van der Waals surface area contributed by atoms with E-state index < -0.39 is 10.0 Å². The Morgan fingerprint density at radius 2 is 1.82 bits per heavy atom. The van der Waals surface area contributed by atoms with Crippen LogP contribution in [0, 0.1) is 6.92 Å². The van der Waals surface area contributed by atoms with Crippen molar-refractivity contribution in [3.63, 3.8) is 0 Å². The van der Waals surface area contributed by atoms with Gasteiger partial charge in [-0.25, -0.2) is 0 Å². The monoisotopic (exact) mass is 316 g/mol. The standard InChI is InChI=1S/C16H16N2O3S/c1-3-21-15-6-4-14-11-16(7-5-13(14)10-15)22(19,20)18-9-8-12(2)17-18/h4-11H,3H2,1-2H3. The fraction of sp³-hybridized carbons (Fsp3) is 0.188. The minimum Gasteiger partial charge on any atom is -0.494 e. The summed E-state index contributed by atoms with van der Waals surface area (Å²) in [6.45, 7) is 4.27. The molecule has 1 aromatic heterocycles. The molecule has 0 fully saturated rings. The quantitative estimate of drug-likeness (QED) is 0.742. The Kier molecular flexibility index (Phi) is 3.62. The van der Waals surface area contributed by atoms with Gasteiger partial charge in [-0.2, -0.15) is 17.6 Å². The number of aryl methyl sites for hydroxylation is 1. The van der Waals surface area contributed by atoms with Gasteiger partial charge in [-0.15, -0.1) is 0 Å². The maximum atomic E-state index is 12.5. The van der Waals surface area contributed by atoms with Gasteiger partial charge >= 0.3 is 0 Å². The summed E-state index contributed by atoms with van der Waals surface area (Å²) in [5, 5.41) is 5.76. The second-order valence-electron chi connectivity index (χ2n) is 4.94. The lowest BCUT2D eigenvalue weighted by Gasteiger charge is -2.08. The number of aromatic nitrogens is 2. The molecule has 0 radical (unpaired) electrons. The van der Waals surface area contributed by atoms with E-state index >= 15 is 0 Å². The van der Waals surface area contributed by atoms with Crippen molar-refractivity contribution in [3.8, 4) is 5.75 Å². The van der Waals surface area contributed by atoms with E-state index in [9.17, 15) is 8.42 Å². The van der Waals surface area contributed by atoms with Crippen LogP contribution in [0.2, 0.25) is 0 Å². The summed E-state index contributed by atoms with van der Waals surface area (Å²) < 4.78 is 31.5. The second kappa shape index (κ2) is 5.46. The molecule has 0 atom stereocenters. The van der Waals surface area contributed by atoms with Crippen LogP contribution >= 0.6 is 0 Å². The van der Waals surface area contributed by atoms with Gasteiger partial charge in [-0.3, -0.25) is 0 Å². The lowest BCUT2D eigenvalue weighted by atomic mass is 10.1. The summed E-state index contributed by atoms with van der Waals surface area (Å²) in [6, 6.07) is 12.3. The topological polar surface area (TPSA) is 61.2 Å². The summed E-state index contributed by atoms with van der Waals surface area (Å²) in [4.78, 5) is 0.215. The minimum atomic E-state index is -3.66. The molecular formula is C16H16N2O3S. The molecule has 1 heterocycles. The molecule has 6 heteroatoms.